The van der Waals surface area contributed by atoms with Crippen LogP contribution in [0.2, 0.25) is 10.0 Å². The fourth-order valence-electron chi connectivity index (χ4n) is 2.39. The molecule has 0 bridgehead atoms. The van der Waals surface area contributed by atoms with Gasteiger partial charge in [0.25, 0.3) is 0 Å². The zero-order valence-electron chi connectivity index (χ0n) is 10.5. The van der Waals surface area contributed by atoms with Crippen molar-refractivity contribution in [3.8, 4) is 0 Å². The van der Waals surface area contributed by atoms with Gasteiger partial charge < -0.3 is 0 Å². The van der Waals surface area contributed by atoms with Crippen LogP contribution in [-0.4, -0.2) is 30.3 Å². The maximum Gasteiger partial charge on any atom is 0.176 e. The molecule has 2 rings (SSSR count). The summed E-state index contributed by atoms with van der Waals surface area (Å²) in [6, 6.07) is 5.07. The molecule has 1 aromatic carbocycles. The second-order valence-corrected chi connectivity index (χ2v) is 5.85. The van der Waals surface area contributed by atoms with Crippen LogP contribution in [0.15, 0.2) is 18.2 Å². The van der Waals surface area contributed by atoms with Gasteiger partial charge in [-0.05, 0) is 43.5 Å². The van der Waals surface area contributed by atoms with E-state index in [1.807, 2.05) is 0 Å². The first-order valence-electron chi connectivity index (χ1n) is 6.27. The Kier molecular flexibility index (Phi) is 4.66. The van der Waals surface area contributed by atoms with Crippen molar-refractivity contribution in [2.45, 2.75) is 19.8 Å². The zero-order chi connectivity index (χ0) is 13.1. The van der Waals surface area contributed by atoms with Crippen molar-refractivity contribution < 1.29 is 4.79 Å². The Bertz CT molecular complexity index is 447. The Hall–Kier alpha value is -0.570. The van der Waals surface area contributed by atoms with E-state index in [0.29, 0.717) is 28.1 Å². The molecule has 4 heteroatoms. The summed E-state index contributed by atoms with van der Waals surface area (Å²) in [5.41, 5.74) is 0.641. The van der Waals surface area contributed by atoms with Crippen molar-refractivity contribution in [3.05, 3.63) is 33.8 Å². The number of carbonyl (C=O) groups excluding carboxylic acids is 1. The van der Waals surface area contributed by atoms with Gasteiger partial charge in [-0.2, -0.15) is 0 Å². The van der Waals surface area contributed by atoms with Crippen LogP contribution in [0.3, 0.4) is 0 Å². The highest BCUT2D eigenvalue weighted by atomic mass is 35.5. The molecule has 1 fully saturated rings. The third kappa shape index (κ3) is 3.47. The van der Waals surface area contributed by atoms with Crippen molar-refractivity contribution in [2.75, 3.05) is 19.6 Å². The fourth-order valence-corrected chi connectivity index (χ4v) is 2.69. The van der Waals surface area contributed by atoms with Gasteiger partial charge >= 0.3 is 0 Å². The van der Waals surface area contributed by atoms with Crippen LogP contribution in [0.5, 0.6) is 0 Å². The molecule has 1 heterocycles. The molecule has 0 N–H and O–H groups in total. The molecule has 98 valence electrons. The minimum absolute atomic E-state index is 0.114. The van der Waals surface area contributed by atoms with Crippen LogP contribution in [0.25, 0.3) is 0 Å². The topological polar surface area (TPSA) is 20.3 Å². The lowest BCUT2D eigenvalue weighted by Crippen LogP contribution is -2.37. The highest BCUT2D eigenvalue weighted by molar-refractivity contribution is 6.42. The van der Waals surface area contributed by atoms with Crippen molar-refractivity contribution in [2.24, 2.45) is 5.92 Å². The molecule has 0 radical (unpaired) electrons. The van der Waals surface area contributed by atoms with Crippen molar-refractivity contribution in [1.82, 2.24) is 4.90 Å². The first-order valence-corrected chi connectivity index (χ1v) is 7.02. The van der Waals surface area contributed by atoms with Crippen LogP contribution >= 0.6 is 23.2 Å². The Labute approximate surface area is 118 Å². The molecule has 0 spiro atoms. The smallest absolute Gasteiger partial charge is 0.176 e. The van der Waals surface area contributed by atoms with Crippen LogP contribution in [0.1, 0.15) is 30.1 Å². The molecular formula is C14H17Cl2NO. The molecule has 1 aromatic rings. The summed E-state index contributed by atoms with van der Waals surface area (Å²) < 4.78 is 0. The highest BCUT2D eigenvalue weighted by Crippen LogP contribution is 2.23. The Morgan fingerprint density at radius 2 is 2.17 bits per heavy atom. The molecule has 0 aliphatic carbocycles. The van der Waals surface area contributed by atoms with E-state index in [9.17, 15) is 4.79 Å². The third-order valence-corrected chi connectivity index (χ3v) is 4.09. The summed E-state index contributed by atoms with van der Waals surface area (Å²) in [6.07, 6.45) is 2.44. The van der Waals surface area contributed by atoms with E-state index >= 15 is 0 Å². The third-order valence-electron chi connectivity index (χ3n) is 3.35. The van der Waals surface area contributed by atoms with E-state index in [2.05, 4.69) is 11.8 Å². The largest absolute Gasteiger partial charge is 0.296 e. The molecule has 0 unspecified atom stereocenters. The standard InChI is InChI=1S/C14H17Cl2NO/c1-10-3-2-6-17(8-10)9-14(18)11-4-5-12(15)13(16)7-11/h4-5,7,10H,2-3,6,8-9H2,1H3/t10-/m1/s1. The maximum atomic E-state index is 12.1. The van der Waals surface area contributed by atoms with Crippen LogP contribution in [0.4, 0.5) is 0 Å². The second-order valence-electron chi connectivity index (χ2n) is 5.03. The monoisotopic (exact) mass is 285 g/mol. The summed E-state index contributed by atoms with van der Waals surface area (Å²) in [6.45, 7) is 4.72. The summed E-state index contributed by atoms with van der Waals surface area (Å²) in [7, 11) is 0. The number of benzene rings is 1. The molecule has 1 atom stereocenters. The second kappa shape index (κ2) is 6.05. The number of nitrogens with zero attached hydrogens (tertiary/aromatic N) is 1. The van der Waals surface area contributed by atoms with Gasteiger partial charge in [0.2, 0.25) is 0 Å². The minimum Gasteiger partial charge on any atom is -0.296 e. The van der Waals surface area contributed by atoms with Gasteiger partial charge in [-0.1, -0.05) is 30.1 Å². The number of Topliss-reactive ketones (excluding diaryl/α,β-unsaturated/α-hetero) is 1. The van der Waals surface area contributed by atoms with Gasteiger partial charge in [0, 0.05) is 12.1 Å². The number of carbonyl (C=O) groups is 1. The van der Waals surface area contributed by atoms with Gasteiger partial charge in [0.1, 0.15) is 0 Å². The minimum atomic E-state index is 0.114. The van der Waals surface area contributed by atoms with Gasteiger partial charge in [-0.3, -0.25) is 9.69 Å². The normalized spacial score (nSPS) is 20.9. The lowest BCUT2D eigenvalue weighted by Gasteiger charge is -2.30. The number of ketones is 1. The average Bonchev–Trinajstić information content (AvgIpc) is 2.32. The molecule has 1 aliphatic rings. The van der Waals surface area contributed by atoms with E-state index in [1.54, 1.807) is 18.2 Å². The number of hydrogen-bond donors (Lipinski definition) is 0. The lowest BCUT2D eigenvalue weighted by atomic mass is 9.99. The van der Waals surface area contributed by atoms with Crippen LogP contribution in [0, 0.1) is 5.92 Å². The molecule has 0 saturated carbocycles. The van der Waals surface area contributed by atoms with Gasteiger partial charge in [-0.25, -0.2) is 0 Å². The van der Waals surface area contributed by atoms with Crippen molar-refractivity contribution >= 4 is 29.0 Å². The predicted molar refractivity (Wildman–Crippen MR) is 75.6 cm³/mol. The maximum absolute atomic E-state index is 12.1. The molecule has 1 aliphatic heterocycles. The predicted octanol–water partition coefficient (Wildman–Crippen LogP) is 3.91. The van der Waals surface area contributed by atoms with E-state index in [4.69, 9.17) is 23.2 Å². The van der Waals surface area contributed by atoms with Gasteiger partial charge in [-0.15, -0.1) is 0 Å². The van der Waals surface area contributed by atoms with Gasteiger partial charge in [0.05, 0.1) is 16.6 Å². The Morgan fingerprint density at radius 1 is 1.39 bits per heavy atom. The van der Waals surface area contributed by atoms with E-state index in [1.165, 1.54) is 12.8 Å². The molecule has 2 nitrogen and oxygen atoms in total. The number of rotatable bonds is 3. The first kappa shape index (κ1) is 13.9. The lowest BCUT2D eigenvalue weighted by molar-refractivity contribution is 0.0893. The highest BCUT2D eigenvalue weighted by Gasteiger charge is 2.19. The number of halogens is 2. The van der Waals surface area contributed by atoms with Gasteiger partial charge in [0.15, 0.2) is 5.78 Å². The summed E-state index contributed by atoms with van der Waals surface area (Å²) >= 11 is 11.8. The van der Waals surface area contributed by atoms with Crippen LogP contribution in [-0.2, 0) is 0 Å². The first-order chi connectivity index (χ1) is 8.56. The summed E-state index contributed by atoms with van der Waals surface area (Å²) in [5, 5.41) is 0.925. The fraction of sp³-hybridized carbons (Fsp3) is 0.500. The number of hydrogen-bond acceptors (Lipinski definition) is 2. The van der Waals surface area contributed by atoms with Crippen molar-refractivity contribution in [1.29, 1.82) is 0 Å². The molecular weight excluding hydrogens is 269 g/mol. The zero-order valence-corrected chi connectivity index (χ0v) is 12.0. The number of likely N-dealkylation sites (tertiary alicyclic amines) is 1. The number of piperidine rings is 1. The summed E-state index contributed by atoms with van der Waals surface area (Å²) in [4.78, 5) is 14.4. The molecule has 18 heavy (non-hydrogen) atoms. The SMILES string of the molecule is C[C@@H]1CCCN(CC(=O)c2ccc(Cl)c(Cl)c2)C1. The van der Waals surface area contributed by atoms with Crippen LogP contribution < -0.4 is 0 Å². The average molecular weight is 286 g/mol. The molecule has 0 amide bonds. The quantitative estimate of drug-likeness (QED) is 0.785. The van der Waals surface area contributed by atoms with E-state index < -0.39 is 0 Å². The molecule has 1 saturated heterocycles. The van der Waals surface area contributed by atoms with Crippen molar-refractivity contribution in [3.63, 3.8) is 0 Å². The Balaban J connectivity index is 2.00. The molecule has 0 aromatic heterocycles. The Morgan fingerprint density at radius 3 is 2.83 bits per heavy atom. The summed E-state index contributed by atoms with van der Waals surface area (Å²) in [5.74, 6) is 0.794. The van der Waals surface area contributed by atoms with E-state index in [0.717, 1.165) is 13.1 Å². The van der Waals surface area contributed by atoms with E-state index in [-0.39, 0.29) is 5.78 Å².